The molecule has 0 spiro atoms. The number of ether oxygens (including phenoxy) is 1. The number of aromatic nitrogens is 3. The summed E-state index contributed by atoms with van der Waals surface area (Å²) >= 11 is 0. The first-order valence-corrected chi connectivity index (χ1v) is 13.7. The number of urea groups is 1. The van der Waals surface area contributed by atoms with E-state index in [9.17, 15) is 9.90 Å². The smallest absolute Gasteiger partial charge is 0.323 e. The Bertz CT molecular complexity index is 1560. The lowest BCUT2D eigenvalue weighted by Crippen LogP contribution is -2.27. The maximum atomic E-state index is 15.4. The van der Waals surface area contributed by atoms with Gasteiger partial charge in [-0.25, -0.2) is 18.7 Å². The molecule has 10 nitrogen and oxygen atoms in total. The number of nitrogens with zero attached hydrogens (tertiary/aromatic N) is 4. The standard InChI is InChI=1S/C30H36FN7O3/c1-30(2,3)20-6-4-7-21(15-20)35-29(40)36-24-9-8-19(14-23(24)31)26-22(17-39)25(16-37-10-5-12-41-13-11-37)38-27(26)28(32)33-18-34-38/h4,6-9,14-15,18,39H,5,10-13,16-17H2,1-3H3,(H2,32,33,34)(H2,35,36,40). The molecule has 5 rings (SSSR count). The zero-order valence-electron chi connectivity index (χ0n) is 23.6. The van der Waals surface area contributed by atoms with Crippen LogP contribution >= 0.6 is 0 Å². The Balaban J connectivity index is 1.44. The number of aliphatic hydroxyl groups excluding tert-OH is 1. The monoisotopic (exact) mass is 561 g/mol. The number of hydrogen-bond donors (Lipinski definition) is 4. The molecule has 4 aromatic rings. The van der Waals surface area contributed by atoms with E-state index < -0.39 is 11.8 Å². The number of nitrogens with two attached hydrogens (primary N) is 1. The van der Waals surface area contributed by atoms with Crippen molar-refractivity contribution in [3.8, 4) is 11.1 Å². The van der Waals surface area contributed by atoms with Crippen LogP contribution < -0.4 is 16.4 Å². The quantitative estimate of drug-likeness (QED) is 0.267. The topological polar surface area (TPSA) is 130 Å². The molecule has 1 saturated heterocycles. The fraction of sp³-hybridized carbons (Fsp3) is 0.367. The SMILES string of the molecule is CC(C)(C)c1cccc(NC(=O)Nc2ccc(-c3c(CO)c(CN4CCCOCC4)n4ncnc(N)c34)cc2F)c1. The largest absolute Gasteiger partial charge is 0.392 e. The lowest BCUT2D eigenvalue weighted by molar-refractivity contribution is 0.140. The highest BCUT2D eigenvalue weighted by atomic mass is 19.1. The predicted octanol–water partition coefficient (Wildman–Crippen LogP) is 4.77. The molecule has 41 heavy (non-hydrogen) atoms. The van der Waals surface area contributed by atoms with Gasteiger partial charge in [0.05, 0.1) is 24.6 Å². The van der Waals surface area contributed by atoms with E-state index in [0.29, 0.717) is 47.7 Å². The molecule has 0 saturated carbocycles. The van der Waals surface area contributed by atoms with Crippen LogP contribution in [0, 0.1) is 5.82 Å². The number of halogens is 1. The number of carbonyl (C=O) groups is 1. The van der Waals surface area contributed by atoms with Gasteiger partial charge in [0, 0.05) is 43.1 Å². The summed E-state index contributed by atoms with van der Waals surface area (Å²) in [4.78, 5) is 19.1. The molecular formula is C30H36FN7O3. The predicted molar refractivity (Wildman–Crippen MR) is 157 cm³/mol. The zero-order chi connectivity index (χ0) is 29.1. The van der Waals surface area contributed by atoms with E-state index in [4.69, 9.17) is 10.5 Å². The second kappa shape index (κ2) is 11.8. The van der Waals surface area contributed by atoms with Crippen LogP contribution in [0.2, 0.25) is 0 Å². The van der Waals surface area contributed by atoms with Crippen LogP contribution in [0.15, 0.2) is 48.8 Å². The molecule has 0 bridgehead atoms. The van der Waals surface area contributed by atoms with E-state index in [-0.39, 0.29) is 23.5 Å². The van der Waals surface area contributed by atoms with Crippen LogP contribution in [0.5, 0.6) is 0 Å². The second-order valence-electron chi connectivity index (χ2n) is 11.2. The van der Waals surface area contributed by atoms with Crippen LogP contribution in [0.1, 0.15) is 44.0 Å². The van der Waals surface area contributed by atoms with E-state index in [0.717, 1.165) is 30.8 Å². The molecule has 11 heteroatoms. The lowest BCUT2D eigenvalue weighted by atomic mass is 9.87. The van der Waals surface area contributed by atoms with Gasteiger partial charge < -0.3 is 26.2 Å². The molecule has 1 aliphatic heterocycles. The molecule has 0 unspecified atom stereocenters. The first-order chi connectivity index (χ1) is 19.7. The molecule has 1 fully saturated rings. The summed E-state index contributed by atoms with van der Waals surface area (Å²) in [6.07, 6.45) is 2.27. The average molecular weight is 562 g/mol. The van der Waals surface area contributed by atoms with Gasteiger partial charge in [-0.15, -0.1) is 0 Å². The van der Waals surface area contributed by atoms with Gasteiger partial charge in [0.25, 0.3) is 0 Å². The van der Waals surface area contributed by atoms with Crippen LogP contribution in [-0.2, 0) is 23.3 Å². The minimum Gasteiger partial charge on any atom is -0.392 e. The molecule has 3 heterocycles. The third-order valence-corrected chi connectivity index (χ3v) is 7.30. The van der Waals surface area contributed by atoms with E-state index >= 15 is 4.39 Å². The van der Waals surface area contributed by atoms with Gasteiger partial charge in [-0.05, 0) is 47.2 Å². The van der Waals surface area contributed by atoms with E-state index in [1.165, 1.54) is 18.5 Å². The second-order valence-corrected chi connectivity index (χ2v) is 11.2. The summed E-state index contributed by atoms with van der Waals surface area (Å²) in [5.41, 5.74) is 10.8. The highest BCUT2D eigenvalue weighted by molar-refractivity contribution is 6.00. The summed E-state index contributed by atoms with van der Waals surface area (Å²) in [5.74, 6) is -0.416. The summed E-state index contributed by atoms with van der Waals surface area (Å²) in [6, 6.07) is 11.5. The number of carbonyl (C=O) groups excluding carboxylic acids is 1. The van der Waals surface area contributed by atoms with Crippen molar-refractivity contribution < 1.29 is 19.0 Å². The van der Waals surface area contributed by atoms with E-state index in [2.05, 4.69) is 46.4 Å². The highest BCUT2D eigenvalue weighted by Gasteiger charge is 2.25. The number of nitrogen functional groups attached to an aromatic ring is 1. The molecular weight excluding hydrogens is 525 g/mol. The molecule has 0 aliphatic carbocycles. The maximum Gasteiger partial charge on any atom is 0.323 e. The van der Waals surface area contributed by atoms with Crippen molar-refractivity contribution in [2.75, 3.05) is 42.7 Å². The third-order valence-electron chi connectivity index (χ3n) is 7.30. The number of rotatable bonds is 6. The van der Waals surface area contributed by atoms with E-state index in [1.54, 1.807) is 16.6 Å². The molecule has 5 N–H and O–H groups in total. The molecule has 2 aromatic carbocycles. The van der Waals surface area contributed by atoms with Gasteiger partial charge >= 0.3 is 6.03 Å². The average Bonchev–Trinajstić information content (AvgIpc) is 3.05. The fourth-order valence-corrected chi connectivity index (χ4v) is 5.15. The molecule has 2 amide bonds. The number of hydrogen-bond acceptors (Lipinski definition) is 7. The normalized spacial score (nSPS) is 14.7. The number of amides is 2. The van der Waals surface area contributed by atoms with Crippen molar-refractivity contribution in [1.29, 1.82) is 0 Å². The van der Waals surface area contributed by atoms with Crippen molar-refractivity contribution in [3.63, 3.8) is 0 Å². The summed E-state index contributed by atoms with van der Waals surface area (Å²) in [6.45, 7) is 9.39. The zero-order valence-corrected chi connectivity index (χ0v) is 23.6. The Morgan fingerprint density at radius 1 is 1.15 bits per heavy atom. The number of nitrogens with one attached hydrogen (secondary N) is 2. The fourth-order valence-electron chi connectivity index (χ4n) is 5.15. The van der Waals surface area contributed by atoms with Crippen molar-refractivity contribution in [3.05, 3.63) is 71.4 Å². The van der Waals surface area contributed by atoms with E-state index in [1.807, 2.05) is 18.2 Å². The van der Waals surface area contributed by atoms with Crippen LogP contribution in [-0.4, -0.2) is 56.9 Å². The first kappa shape index (κ1) is 28.5. The Morgan fingerprint density at radius 2 is 1.98 bits per heavy atom. The number of benzene rings is 2. The Labute approximate surface area is 238 Å². The Morgan fingerprint density at radius 3 is 2.73 bits per heavy atom. The molecule has 1 aliphatic rings. The molecule has 2 aromatic heterocycles. The van der Waals surface area contributed by atoms with Crippen molar-refractivity contribution >= 4 is 28.7 Å². The number of anilines is 3. The van der Waals surface area contributed by atoms with Gasteiger partial charge in [0.15, 0.2) is 5.82 Å². The maximum absolute atomic E-state index is 15.4. The first-order valence-electron chi connectivity index (χ1n) is 13.7. The molecule has 0 atom stereocenters. The van der Waals surface area contributed by atoms with Crippen LogP contribution in [0.3, 0.4) is 0 Å². The minimum atomic E-state index is -0.633. The Kier molecular flexibility index (Phi) is 8.20. The van der Waals surface area contributed by atoms with Crippen LogP contribution in [0.25, 0.3) is 16.6 Å². The number of aliphatic hydroxyl groups is 1. The van der Waals surface area contributed by atoms with Crippen molar-refractivity contribution in [1.82, 2.24) is 19.5 Å². The van der Waals surface area contributed by atoms with Gasteiger partial charge in [-0.2, -0.15) is 5.10 Å². The van der Waals surface area contributed by atoms with Crippen molar-refractivity contribution in [2.45, 2.75) is 45.8 Å². The Hall–Kier alpha value is -4.06. The van der Waals surface area contributed by atoms with Gasteiger partial charge in [0.2, 0.25) is 0 Å². The summed E-state index contributed by atoms with van der Waals surface area (Å²) < 4.78 is 22.7. The molecule has 216 valence electrons. The highest BCUT2D eigenvalue weighted by Crippen LogP contribution is 2.37. The number of fused-ring (bicyclic) bond motifs is 1. The lowest BCUT2D eigenvalue weighted by Gasteiger charge is -2.20. The van der Waals surface area contributed by atoms with Gasteiger partial charge in [-0.3, -0.25) is 4.90 Å². The summed E-state index contributed by atoms with van der Waals surface area (Å²) in [5, 5.41) is 20.3. The minimum absolute atomic E-state index is 0.0151. The van der Waals surface area contributed by atoms with Crippen LogP contribution in [0.4, 0.5) is 26.4 Å². The summed E-state index contributed by atoms with van der Waals surface area (Å²) in [7, 11) is 0. The molecule has 0 radical (unpaired) electrons. The van der Waals surface area contributed by atoms with Gasteiger partial charge in [0.1, 0.15) is 17.7 Å². The third kappa shape index (κ3) is 6.17. The van der Waals surface area contributed by atoms with Crippen molar-refractivity contribution in [2.24, 2.45) is 0 Å². The van der Waals surface area contributed by atoms with Gasteiger partial charge in [-0.1, -0.05) is 39.0 Å².